The third kappa shape index (κ3) is 3.61. The minimum atomic E-state index is -0.689. The average Bonchev–Trinajstić information content (AvgIpc) is 2.51. The van der Waals surface area contributed by atoms with Crippen LogP contribution < -0.4 is 5.32 Å². The van der Waals surface area contributed by atoms with Crippen LogP contribution in [-0.4, -0.2) is 17.6 Å². The van der Waals surface area contributed by atoms with Crippen molar-refractivity contribution in [1.29, 1.82) is 0 Å². The number of fused-ring (bicyclic) bond motifs is 1. The molecule has 1 amide bonds. The molecule has 0 aliphatic carbocycles. The van der Waals surface area contributed by atoms with E-state index in [2.05, 4.69) is 5.32 Å². The van der Waals surface area contributed by atoms with E-state index in [1.807, 2.05) is 63.2 Å². The van der Waals surface area contributed by atoms with Gasteiger partial charge < -0.3 is 10.4 Å². The Morgan fingerprint density at radius 2 is 1.86 bits per heavy atom. The molecule has 0 aromatic heterocycles. The molecular formula is C18H23NO2. The van der Waals surface area contributed by atoms with E-state index in [-0.39, 0.29) is 12.5 Å². The molecule has 2 aromatic rings. The highest BCUT2D eigenvalue weighted by molar-refractivity contribution is 5.83. The van der Waals surface area contributed by atoms with Crippen LogP contribution >= 0.6 is 0 Å². The molecule has 2 aromatic carbocycles. The summed E-state index contributed by atoms with van der Waals surface area (Å²) in [5, 5.41) is 15.3. The number of aliphatic hydroxyl groups is 1. The van der Waals surface area contributed by atoms with Gasteiger partial charge >= 0.3 is 0 Å². The number of benzene rings is 2. The molecule has 0 aliphatic heterocycles. The first-order chi connectivity index (χ1) is 9.94. The van der Waals surface area contributed by atoms with Crippen LogP contribution in [0.3, 0.4) is 0 Å². The van der Waals surface area contributed by atoms with Crippen molar-refractivity contribution in [2.75, 3.05) is 6.54 Å². The van der Waals surface area contributed by atoms with Gasteiger partial charge in [-0.15, -0.1) is 0 Å². The zero-order valence-corrected chi connectivity index (χ0v) is 12.9. The molecule has 3 nitrogen and oxygen atoms in total. The zero-order valence-electron chi connectivity index (χ0n) is 12.9. The molecule has 0 spiro atoms. The molecule has 112 valence electrons. The maximum atomic E-state index is 12.0. The second-order valence-corrected chi connectivity index (χ2v) is 6.07. The Bertz CT molecular complexity index is 634. The Morgan fingerprint density at radius 1 is 1.19 bits per heavy atom. The Kier molecular flexibility index (Phi) is 4.63. The van der Waals surface area contributed by atoms with E-state index < -0.39 is 11.5 Å². The van der Waals surface area contributed by atoms with E-state index in [4.69, 9.17) is 0 Å². The van der Waals surface area contributed by atoms with Crippen LogP contribution in [0.25, 0.3) is 10.8 Å². The molecule has 2 rings (SSSR count). The number of carbonyl (C=O) groups excluding carboxylic acids is 1. The predicted octanol–water partition coefficient (Wildman–Crippen LogP) is 3.43. The molecular weight excluding hydrogens is 262 g/mol. The molecule has 0 fully saturated rings. The third-order valence-electron chi connectivity index (χ3n) is 4.11. The second kappa shape index (κ2) is 6.27. The number of amides is 1. The summed E-state index contributed by atoms with van der Waals surface area (Å²) < 4.78 is 0. The number of rotatable bonds is 5. The van der Waals surface area contributed by atoms with E-state index in [0.29, 0.717) is 0 Å². The van der Waals surface area contributed by atoms with Crippen LogP contribution in [-0.2, 0) is 4.79 Å². The summed E-state index contributed by atoms with van der Waals surface area (Å²) in [6.45, 7) is 6.04. The summed E-state index contributed by atoms with van der Waals surface area (Å²) in [5.41, 5.74) is 0.423. The fourth-order valence-electron chi connectivity index (χ4n) is 2.12. The molecule has 0 aliphatic rings. The van der Waals surface area contributed by atoms with Crippen LogP contribution in [0.2, 0.25) is 0 Å². The summed E-state index contributed by atoms with van der Waals surface area (Å²) in [6, 6.07) is 13.9. The van der Waals surface area contributed by atoms with Crippen molar-refractivity contribution in [3.8, 4) is 0 Å². The van der Waals surface area contributed by atoms with Gasteiger partial charge in [0.1, 0.15) is 0 Å². The van der Waals surface area contributed by atoms with Gasteiger partial charge in [-0.25, -0.2) is 0 Å². The standard InChI is InChI=1S/C18H23NO2/c1-4-18(2,3)17(21)19-12-16(20)15-10-9-13-7-5-6-8-14(13)11-15/h5-11,16,20H,4,12H2,1-3H3,(H,19,21). The molecule has 0 bridgehead atoms. The van der Waals surface area contributed by atoms with Gasteiger partial charge in [0.05, 0.1) is 6.10 Å². The van der Waals surface area contributed by atoms with E-state index in [0.717, 1.165) is 22.8 Å². The molecule has 1 atom stereocenters. The first kappa shape index (κ1) is 15.5. The van der Waals surface area contributed by atoms with Gasteiger partial charge in [-0.2, -0.15) is 0 Å². The van der Waals surface area contributed by atoms with Crippen molar-refractivity contribution in [3.05, 3.63) is 48.0 Å². The van der Waals surface area contributed by atoms with Crippen LogP contribution in [0.1, 0.15) is 38.9 Å². The van der Waals surface area contributed by atoms with Crippen molar-refractivity contribution >= 4 is 16.7 Å². The largest absolute Gasteiger partial charge is 0.387 e. The Balaban J connectivity index is 2.05. The summed E-state index contributed by atoms with van der Waals surface area (Å²) in [6.07, 6.45) is 0.0801. The van der Waals surface area contributed by atoms with Gasteiger partial charge in [0.2, 0.25) is 5.91 Å². The molecule has 2 N–H and O–H groups in total. The predicted molar refractivity (Wildman–Crippen MR) is 86.0 cm³/mol. The van der Waals surface area contributed by atoms with Crippen molar-refractivity contribution in [3.63, 3.8) is 0 Å². The van der Waals surface area contributed by atoms with E-state index in [9.17, 15) is 9.90 Å². The molecule has 1 unspecified atom stereocenters. The van der Waals surface area contributed by atoms with Crippen molar-refractivity contribution in [2.24, 2.45) is 5.41 Å². The highest BCUT2D eigenvalue weighted by atomic mass is 16.3. The van der Waals surface area contributed by atoms with Gasteiger partial charge in [0.15, 0.2) is 0 Å². The number of hydrogen-bond donors (Lipinski definition) is 2. The average molecular weight is 285 g/mol. The number of nitrogens with one attached hydrogen (secondary N) is 1. The Labute approximate surface area is 126 Å². The molecule has 3 heteroatoms. The van der Waals surface area contributed by atoms with Crippen LogP contribution in [0, 0.1) is 5.41 Å². The quantitative estimate of drug-likeness (QED) is 0.884. The van der Waals surface area contributed by atoms with E-state index >= 15 is 0 Å². The number of carbonyl (C=O) groups is 1. The molecule has 0 radical (unpaired) electrons. The highest BCUT2D eigenvalue weighted by Crippen LogP contribution is 2.22. The third-order valence-corrected chi connectivity index (χ3v) is 4.11. The SMILES string of the molecule is CCC(C)(C)C(=O)NCC(O)c1ccc2ccccc2c1. The van der Waals surface area contributed by atoms with Gasteiger partial charge in [0, 0.05) is 12.0 Å². The first-order valence-corrected chi connectivity index (χ1v) is 7.39. The highest BCUT2D eigenvalue weighted by Gasteiger charge is 2.25. The van der Waals surface area contributed by atoms with Crippen LogP contribution in [0.4, 0.5) is 0 Å². The molecule has 0 saturated carbocycles. The lowest BCUT2D eigenvalue weighted by molar-refractivity contribution is -0.130. The van der Waals surface area contributed by atoms with Crippen molar-refractivity contribution in [1.82, 2.24) is 5.32 Å². The fraction of sp³-hybridized carbons (Fsp3) is 0.389. The topological polar surface area (TPSA) is 49.3 Å². The fourth-order valence-corrected chi connectivity index (χ4v) is 2.12. The second-order valence-electron chi connectivity index (χ2n) is 6.07. The normalized spacial score (nSPS) is 13.1. The Hall–Kier alpha value is -1.87. The van der Waals surface area contributed by atoms with Crippen molar-refractivity contribution in [2.45, 2.75) is 33.3 Å². The van der Waals surface area contributed by atoms with Crippen molar-refractivity contribution < 1.29 is 9.90 Å². The lowest BCUT2D eigenvalue weighted by Crippen LogP contribution is -2.38. The zero-order chi connectivity index (χ0) is 15.5. The van der Waals surface area contributed by atoms with Gasteiger partial charge in [-0.3, -0.25) is 4.79 Å². The number of aliphatic hydroxyl groups excluding tert-OH is 1. The van der Waals surface area contributed by atoms with Gasteiger partial charge in [0.25, 0.3) is 0 Å². The number of hydrogen-bond acceptors (Lipinski definition) is 2. The summed E-state index contributed by atoms with van der Waals surface area (Å²) in [4.78, 5) is 12.0. The van der Waals surface area contributed by atoms with E-state index in [1.165, 1.54) is 0 Å². The summed E-state index contributed by atoms with van der Waals surface area (Å²) >= 11 is 0. The summed E-state index contributed by atoms with van der Waals surface area (Å²) in [7, 11) is 0. The Morgan fingerprint density at radius 3 is 2.52 bits per heavy atom. The summed E-state index contributed by atoms with van der Waals surface area (Å²) in [5.74, 6) is -0.0233. The van der Waals surface area contributed by atoms with Gasteiger partial charge in [-0.05, 0) is 28.8 Å². The van der Waals surface area contributed by atoms with Gasteiger partial charge in [-0.1, -0.05) is 57.2 Å². The minimum Gasteiger partial charge on any atom is -0.387 e. The maximum absolute atomic E-state index is 12.0. The van der Waals surface area contributed by atoms with Crippen LogP contribution in [0.15, 0.2) is 42.5 Å². The maximum Gasteiger partial charge on any atom is 0.225 e. The lowest BCUT2D eigenvalue weighted by Gasteiger charge is -2.22. The first-order valence-electron chi connectivity index (χ1n) is 7.39. The molecule has 0 heterocycles. The molecule has 21 heavy (non-hydrogen) atoms. The minimum absolute atomic E-state index is 0.0233. The molecule has 0 saturated heterocycles. The monoisotopic (exact) mass is 285 g/mol. The van der Waals surface area contributed by atoms with Crippen LogP contribution in [0.5, 0.6) is 0 Å². The lowest BCUT2D eigenvalue weighted by atomic mass is 9.89. The van der Waals surface area contributed by atoms with E-state index in [1.54, 1.807) is 0 Å². The smallest absolute Gasteiger partial charge is 0.225 e.